The molecule has 0 unspecified atom stereocenters. The molecule has 1 saturated heterocycles. The Morgan fingerprint density at radius 3 is 2.48 bits per heavy atom. The molecular formula is C18H15FN2O3S. The maximum absolute atomic E-state index is 13.1. The molecule has 1 aliphatic heterocycles. The van der Waals surface area contributed by atoms with Crippen LogP contribution in [0.25, 0.3) is 6.08 Å². The highest BCUT2D eigenvalue weighted by molar-refractivity contribution is 7.80. The predicted octanol–water partition coefficient (Wildman–Crippen LogP) is 3.11. The number of nitrogens with zero attached hydrogens (tertiary/aromatic N) is 1. The van der Waals surface area contributed by atoms with Gasteiger partial charge in [0, 0.05) is 5.56 Å². The monoisotopic (exact) mass is 358 g/mol. The summed E-state index contributed by atoms with van der Waals surface area (Å²) in [7, 11) is 3.10. The Hall–Kier alpha value is -2.93. The van der Waals surface area contributed by atoms with Gasteiger partial charge in [0.2, 0.25) is 0 Å². The lowest BCUT2D eigenvalue weighted by molar-refractivity contribution is -0.113. The smallest absolute Gasteiger partial charge is 0.281 e. The van der Waals surface area contributed by atoms with Crippen LogP contribution in [0.15, 0.2) is 48.2 Å². The molecule has 1 amide bonds. The van der Waals surface area contributed by atoms with Crippen molar-refractivity contribution in [3.8, 4) is 11.5 Å². The second kappa shape index (κ2) is 6.90. The molecule has 0 saturated carbocycles. The molecule has 128 valence electrons. The number of thiocarbonyl (C=S) groups is 1. The first-order valence-corrected chi connectivity index (χ1v) is 7.79. The van der Waals surface area contributed by atoms with Crippen molar-refractivity contribution < 1.29 is 18.7 Å². The summed E-state index contributed by atoms with van der Waals surface area (Å²) < 4.78 is 23.6. The van der Waals surface area contributed by atoms with Gasteiger partial charge < -0.3 is 14.8 Å². The third-order valence-electron chi connectivity index (χ3n) is 3.70. The summed E-state index contributed by atoms with van der Waals surface area (Å²) in [5, 5.41) is 3.11. The number of ether oxygens (including phenoxy) is 2. The minimum Gasteiger partial charge on any atom is -0.497 e. The van der Waals surface area contributed by atoms with Gasteiger partial charge in [-0.3, -0.25) is 9.69 Å². The molecule has 0 radical (unpaired) electrons. The molecule has 1 heterocycles. The summed E-state index contributed by atoms with van der Waals surface area (Å²) in [6.45, 7) is 0. The minimum atomic E-state index is -0.383. The number of halogens is 1. The van der Waals surface area contributed by atoms with Crippen LogP contribution in [0.2, 0.25) is 0 Å². The zero-order valence-electron chi connectivity index (χ0n) is 13.6. The summed E-state index contributed by atoms with van der Waals surface area (Å²) >= 11 is 5.24. The van der Waals surface area contributed by atoms with Crippen molar-refractivity contribution >= 4 is 35.0 Å². The average molecular weight is 358 g/mol. The van der Waals surface area contributed by atoms with Gasteiger partial charge in [-0.1, -0.05) is 0 Å². The van der Waals surface area contributed by atoms with Crippen molar-refractivity contribution in [1.29, 1.82) is 0 Å². The maximum Gasteiger partial charge on any atom is 0.281 e. The molecule has 0 bridgehead atoms. The Morgan fingerprint density at radius 2 is 1.84 bits per heavy atom. The van der Waals surface area contributed by atoms with Crippen LogP contribution in [-0.2, 0) is 4.79 Å². The van der Waals surface area contributed by atoms with E-state index in [1.807, 2.05) is 0 Å². The largest absolute Gasteiger partial charge is 0.497 e. The lowest BCUT2D eigenvalue weighted by atomic mass is 10.1. The summed E-state index contributed by atoms with van der Waals surface area (Å²) in [4.78, 5) is 14.0. The van der Waals surface area contributed by atoms with E-state index < -0.39 is 0 Å². The predicted molar refractivity (Wildman–Crippen MR) is 97.1 cm³/mol. The van der Waals surface area contributed by atoms with Crippen LogP contribution in [0, 0.1) is 5.82 Å². The van der Waals surface area contributed by atoms with Crippen LogP contribution in [-0.4, -0.2) is 25.2 Å². The van der Waals surface area contributed by atoms with E-state index in [-0.39, 0.29) is 16.8 Å². The third-order valence-corrected chi connectivity index (χ3v) is 3.98. The number of methoxy groups -OCH3 is 2. The van der Waals surface area contributed by atoms with Crippen LogP contribution in [0.5, 0.6) is 11.5 Å². The lowest BCUT2D eigenvalue weighted by Gasteiger charge is -2.13. The van der Waals surface area contributed by atoms with Crippen molar-refractivity contribution in [2.75, 3.05) is 19.1 Å². The molecule has 3 rings (SSSR count). The van der Waals surface area contributed by atoms with E-state index in [2.05, 4.69) is 5.32 Å². The fourth-order valence-electron chi connectivity index (χ4n) is 2.47. The van der Waals surface area contributed by atoms with Gasteiger partial charge in [-0.2, -0.15) is 0 Å². The number of hydrogen-bond acceptors (Lipinski definition) is 4. The van der Waals surface area contributed by atoms with E-state index >= 15 is 0 Å². The number of carbonyl (C=O) groups excluding carboxylic acids is 1. The number of amides is 1. The first kappa shape index (κ1) is 16.9. The Labute approximate surface area is 149 Å². The number of benzene rings is 2. The van der Waals surface area contributed by atoms with E-state index in [9.17, 15) is 9.18 Å². The van der Waals surface area contributed by atoms with Crippen molar-refractivity contribution in [2.24, 2.45) is 0 Å². The van der Waals surface area contributed by atoms with Crippen molar-refractivity contribution in [3.05, 3.63) is 59.5 Å². The van der Waals surface area contributed by atoms with E-state index in [1.165, 1.54) is 29.2 Å². The first-order chi connectivity index (χ1) is 12.0. The number of nitrogens with one attached hydrogen (secondary N) is 1. The molecule has 0 aromatic heterocycles. The molecule has 1 N–H and O–H groups in total. The van der Waals surface area contributed by atoms with Crippen LogP contribution in [0.1, 0.15) is 5.56 Å². The van der Waals surface area contributed by atoms with Gasteiger partial charge in [-0.15, -0.1) is 0 Å². The zero-order valence-corrected chi connectivity index (χ0v) is 14.4. The van der Waals surface area contributed by atoms with Crippen LogP contribution < -0.4 is 19.7 Å². The van der Waals surface area contributed by atoms with Gasteiger partial charge in [0.1, 0.15) is 23.0 Å². The molecule has 0 spiro atoms. The quantitative estimate of drug-likeness (QED) is 0.672. The number of carbonyl (C=O) groups is 1. The fraction of sp³-hybridized carbons (Fsp3) is 0.111. The summed E-state index contributed by atoms with van der Waals surface area (Å²) in [6.07, 6.45) is 1.64. The molecule has 25 heavy (non-hydrogen) atoms. The molecule has 0 atom stereocenters. The van der Waals surface area contributed by atoms with Crippen molar-refractivity contribution in [1.82, 2.24) is 5.32 Å². The fourth-order valence-corrected chi connectivity index (χ4v) is 2.77. The second-order valence-electron chi connectivity index (χ2n) is 5.21. The molecule has 5 nitrogen and oxygen atoms in total. The highest BCUT2D eigenvalue weighted by Gasteiger charge is 2.32. The Balaban J connectivity index is 1.97. The second-order valence-corrected chi connectivity index (χ2v) is 5.60. The van der Waals surface area contributed by atoms with Crippen LogP contribution in [0.3, 0.4) is 0 Å². The van der Waals surface area contributed by atoms with E-state index in [0.717, 1.165) is 0 Å². The van der Waals surface area contributed by atoms with E-state index in [4.69, 9.17) is 21.7 Å². The zero-order chi connectivity index (χ0) is 18.0. The van der Waals surface area contributed by atoms with Gasteiger partial charge in [0.05, 0.1) is 19.9 Å². The summed E-state index contributed by atoms with van der Waals surface area (Å²) in [5.74, 6) is 0.512. The standard InChI is InChI=1S/C18H15FN2O3S/c1-23-14-7-8-16(24-2)11(9-14)10-15-17(22)21(18(25)20-15)13-5-3-12(19)4-6-13/h3-10H,1-2H3,(H,20,25)/b15-10+. The van der Waals surface area contributed by atoms with E-state index in [1.54, 1.807) is 38.5 Å². The topological polar surface area (TPSA) is 50.8 Å². The Morgan fingerprint density at radius 1 is 1.12 bits per heavy atom. The van der Waals surface area contributed by atoms with Crippen molar-refractivity contribution in [3.63, 3.8) is 0 Å². The molecule has 2 aromatic carbocycles. The SMILES string of the molecule is COc1ccc(OC)c(/C=C2/NC(=S)N(c3ccc(F)cc3)C2=O)c1. The summed E-state index contributed by atoms with van der Waals surface area (Å²) in [5.41, 5.74) is 1.45. The van der Waals surface area contributed by atoms with Crippen molar-refractivity contribution in [2.45, 2.75) is 0 Å². The van der Waals surface area contributed by atoms with Gasteiger partial charge in [-0.25, -0.2) is 4.39 Å². The lowest BCUT2D eigenvalue weighted by Crippen LogP contribution is -2.30. The Kier molecular flexibility index (Phi) is 4.67. The highest BCUT2D eigenvalue weighted by atomic mass is 32.1. The Bertz CT molecular complexity index is 865. The van der Waals surface area contributed by atoms with Crippen LogP contribution >= 0.6 is 12.2 Å². The molecule has 0 aliphatic carbocycles. The highest BCUT2D eigenvalue weighted by Crippen LogP contribution is 2.28. The normalized spacial score (nSPS) is 15.5. The number of rotatable bonds is 4. The molecule has 1 fully saturated rings. The molecule has 7 heteroatoms. The molecular weight excluding hydrogens is 343 g/mol. The molecule has 1 aliphatic rings. The number of hydrogen-bond donors (Lipinski definition) is 1. The van der Waals surface area contributed by atoms with Gasteiger partial charge in [0.25, 0.3) is 5.91 Å². The van der Waals surface area contributed by atoms with Gasteiger partial charge in [0.15, 0.2) is 5.11 Å². The van der Waals surface area contributed by atoms with Gasteiger partial charge in [-0.05, 0) is 60.8 Å². The summed E-state index contributed by atoms with van der Waals surface area (Å²) in [6, 6.07) is 10.8. The van der Waals surface area contributed by atoms with Gasteiger partial charge >= 0.3 is 0 Å². The molecule has 2 aromatic rings. The first-order valence-electron chi connectivity index (χ1n) is 7.38. The van der Waals surface area contributed by atoms with E-state index in [0.29, 0.717) is 28.4 Å². The average Bonchev–Trinajstić information content (AvgIpc) is 2.89. The number of anilines is 1. The minimum absolute atomic E-state index is 0.227. The maximum atomic E-state index is 13.1. The third kappa shape index (κ3) is 3.32. The van der Waals surface area contributed by atoms with Crippen LogP contribution in [0.4, 0.5) is 10.1 Å².